The number of aryl methyl sites for hydroxylation is 2. The Morgan fingerprint density at radius 3 is 2.73 bits per heavy atom. The van der Waals surface area contributed by atoms with E-state index < -0.39 is 15.9 Å². The van der Waals surface area contributed by atoms with Gasteiger partial charge in [-0.1, -0.05) is 11.6 Å². The number of carbonyl (C=O) groups excluding carboxylic acids is 1. The van der Waals surface area contributed by atoms with E-state index in [2.05, 4.69) is 10.3 Å². The summed E-state index contributed by atoms with van der Waals surface area (Å²) in [6, 6.07) is 7.19. The van der Waals surface area contributed by atoms with E-state index >= 15 is 0 Å². The summed E-state index contributed by atoms with van der Waals surface area (Å²) in [5, 5.41) is 4.77. The molecule has 3 rings (SSSR count). The zero-order chi connectivity index (χ0) is 15.9. The van der Waals surface area contributed by atoms with Crippen molar-refractivity contribution in [3.8, 4) is 0 Å². The zero-order valence-corrected chi connectivity index (χ0v) is 13.1. The first-order chi connectivity index (χ1) is 10.3. The minimum absolute atomic E-state index is 0.0854. The molecule has 0 spiro atoms. The second kappa shape index (κ2) is 5.21. The highest BCUT2D eigenvalue weighted by atomic mass is 32.2. The third-order valence-corrected chi connectivity index (χ3v) is 5.05. The van der Waals surface area contributed by atoms with Gasteiger partial charge in [-0.2, -0.15) is 0 Å². The number of sulfone groups is 1. The van der Waals surface area contributed by atoms with Gasteiger partial charge in [0.15, 0.2) is 9.84 Å². The molecule has 0 fully saturated rings. The molecule has 2 heterocycles. The van der Waals surface area contributed by atoms with Crippen LogP contribution in [0.1, 0.15) is 21.6 Å². The number of nitrogens with zero attached hydrogens (tertiary/aromatic N) is 1. The van der Waals surface area contributed by atoms with E-state index in [0.29, 0.717) is 11.3 Å². The molecule has 1 amide bonds. The number of nitrogens with one attached hydrogen (secondary N) is 1. The third-order valence-electron chi connectivity index (χ3n) is 3.65. The lowest BCUT2D eigenvalue weighted by Crippen LogP contribution is -2.35. The van der Waals surface area contributed by atoms with E-state index in [1.165, 1.54) is 6.08 Å². The van der Waals surface area contributed by atoms with Crippen molar-refractivity contribution in [1.29, 1.82) is 0 Å². The van der Waals surface area contributed by atoms with Crippen LogP contribution in [0.2, 0.25) is 0 Å². The largest absolute Gasteiger partial charge is 0.345 e. The molecule has 0 unspecified atom stereocenters. The van der Waals surface area contributed by atoms with Crippen LogP contribution in [-0.4, -0.2) is 31.1 Å². The molecule has 1 aliphatic rings. The van der Waals surface area contributed by atoms with Gasteiger partial charge in [0.25, 0.3) is 5.91 Å². The Balaban J connectivity index is 1.90. The first-order valence-corrected chi connectivity index (χ1v) is 8.65. The molecule has 1 atom stereocenters. The van der Waals surface area contributed by atoms with Crippen molar-refractivity contribution >= 4 is 26.6 Å². The number of aromatic nitrogens is 1. The SMILES string of the molecule is Cc1ccc2nc(C)c(C(=O)N[C@@H]3C=CS(=O)(=O)C3)cc2c1. The van der Waals surface area contributed by atoms with Crippen LogP contribution < -0.4 is 5.32 Å². The molecule has 0 radical (unpaired) electrons. The summed E-state index contributed by atoms with van der Waals surface area (Å²) in [7, 11) is -3.18. The maximum atomic E-state index is 12.4. The number of carbonyl (C=O) groups is 1. The van der Waals surface area contributed by atoms with Crippen LogP contribution in [0.25, 0.3) is 10.9 Å². The molecule has 2 aromatic rings. The third kappa shape index (κ3) is 2.87. The molecule has 0 saturated carbocycles. The summed E-state index contributed by atoms with van der Waals surface area (Å²) in [5.74, 6) is -0.391. The van der Waals surface area contributed by atoms with E-state index in [4.69, 9.17) is 0 Å². The number of hydrogen-bond donors (Lipinski definition) is 1. The number of hydrogen-bond acceptors (Lipinski definition) is 4. The van der Waals surface area contributed by atoms with Crippen molar-refractivity contribution in [2.24, 2.45) is 0 Å². The molecule has 22 heavy (non-hydrogen) atoms. The van der Waals surface area contributed by atoms with E-state index in [0.717, 1.165) is 21.9 Å². The molecule has 1 aromatic heterocycles. The molecular weight excluding hydrogens is 300 g/mol. The van der Waals surface area contributed by atoms with Crippen molar-refractivity contribution in [2.75, 3.05) is 5.75 Å². The zero-order valence-electron chi connectivity index (χ0n) is 12.3. The number of rotatable bonds is 2. The summed E-state index contributed by atoms with van der Waals surface area (Å²) in [4.78, 5) is 16.8. The van der Waals surface area contributed by atoms with Gasteiger partial charge in [-0.3, -0.25) is 9.78 Å². The van der Waals surface area contributed by atoms with Crippen LogP contribution in [-0.2, 0) is 9.84 Å². The monoisotopic (exact) mass is 316 g/mol. The lowest BCUT2D eigenvalue weighted by molar-refractivity contribution is 0.0947. The lowest BCUT2D eigenvalue weighted by atomic mass is 10.1. The Kier molecular flexibility index (Phi) is 3.48. The Morgan fingerprint density at radius 1 is 1.27 bits per heavy atom. The van der Waals surface area contributed by atoms with Gasteiger partial charge in [-0.25, -0.2) is 8.42 Å². The number of pyridine rings is 1. The van der Waals surface area contributed by atoms with Gasteiger partial charge in [0, 0.05) is 10.8 Å². The van der Waals surface area contributed by atoms with Gasteiger partial charge in [-0.15, -0.1) is 0 Å². The van der Waals surface area contributed by atoms with Crippen molar-refractivity contribution in [1.82, 2.24) is 10.3 Å². The van der Waals surface area contributed by atoms with Crippen molar-refractivity contribution in [3.63, 3.8) is 0 Å². The normalized spacial score (nSPS) is 19.5. The molecule has 1 aliphatic heterocycles. The number of fused-ring (bicyclic) bond motifs is 1. The first-order valence-electron chi connectivity index (χ1n) is 6.94. The summed E-state index contributed by atoms with van der Waals surface area (Å²) in [6.45, 7) is 3.75. The second-order valence-corrected chi connectivity index (χ2v) is 7.49. The molecule has 114 valence electrons. The van der Waals surface area contributed by atoms with Gasteiger partial charge >= 0.3 is 0 Å². The Bertz CT molecular complexity index is 901. The van der Waals surface area contributed by atoms with Crippen molar-refractivity contribution < 1.29 is 13.2 Å². The average Bonchev–Trinajstić information content (AvgIpc) is 2.77. The van der Waals surface area contributed by atoms with Crippen molar-refractivity contribution in [3.05, 3.63) is 52.6 Å². The molecule has 1 aromatic carbocycles. The van der Waals surface area contributed by atoms with Crippen LogP contribution in [0, 0.1) is 13.8 Å². The van der Waals surface area contributed by atoms with Gasteiger partial charge < -0.3 is 5.32 Å². The van der Waals surface area contributed by atoms with Gasteiger partial charge in [0.05, 0.1) is 28.6 Å². The maximum Gasteiger partial charge on any atom is 0.253 e. The standard InChI is InChI=1S/C16H16N2O3S/c1-10-3-4-15-12(7-10)8-14(11(2)17-15)16(19)18-13-5-6-22(20,21)9-13/h3-8,13H,9H2,1-2H3,(H,18,19)/t13-/m1/s1. The highest BCUT2D eigenvalue weighted by Gasteiger charge is 2.24. The van der Waals surface area contributed by atoms with Crippen LogP contribution in [0.4, 0.5) is 0 Å². The Labute approximate surface area is 129 Å². The maximum absolute atomic E-state index is 12.4. The molecule has 5 nitrogen and oxygen atoms in total. The van der Waals surface area contributed by atoms with Crippen LogP contribution in [0.15, 0.2) is 35.7 Å². The summed E-state index contributed by atoms with van der Waals surface area (Å²) in [6.07, 6.45) is 1.50. The van der Waals surface area contributed by atoms with Gasteiger partial charge in [-0.05, 0) is 38.1 Å². The van der Waals surface area contributed by atoms with E-state index in [-0.39, 0.29) is 11.7 Å². The predicted molar refractivity (Wildman–Crippen MR) is 85.4 cm³/mol. The summed E-state index contributed by atoms with van der Waals surface area (Å²) >= 11 is 0. The first kappa shape index (κ1) is 14.7. The minimum atomic E-state index is -3.18. The molecule has 0 saturated heterocycles. The number of benzene rings is 1. The van der Waals surface area contributed by atoms with E-state index in [1.807, 2.05) is 25.1 Å². The molecule has 1 N–H and O–H groups in total. The highest BCUT2D eigenvalue weighted by Crippen LogP contribution is 2.18. The number of amides is 1. The molecule has 0 bridgehead atoms. The molecular formula is C16H16N2O3S. The average molecular weight is 316 g/mol. The highest BCUT2D eigenvalue weighted by molar-refractivity contribution is 7.94. The summed E-state index contributed by atoms with van der Waals surface area (Å²) in [5.41, 5.74) is 3.02. The van der Waals surface area contributed by atoms with E-state index in [9.17, 15) is 13.2 Å². The fourth-order valence-electron chi connectivity index (χ4n) is 2.53. The minimum Gasteiger partial charge on any atom is -0.345 e. The Hall–Kier alpha value is -2.21. The second-order valence-electron chi connectivity index (χ2n) is 5.56. The fourth-order valence-corrected chi connectivity index (χ4v) is 3.77. The van der Waals surface area contributed by atoms with Gasteiger partial charge in [0.2, 0.25) is 0 Å². The lowest BCUT2D eigenvalue weighted by Gasteiger charge is -2.12. The predicted octanol–water partition coefficient (Wildman–Crippen LogP) is 1.89. The topological polar surface area (TPSA) is 76.1 Å². The Morgan fingerprint density at radius 2 is 2.05 bits per heavy atom. The summed E-state index contributed by atoms with van der Waals surface area (Å²) < 4.78 is 22.8. The smallest absolute Gasteiger partial charge is 0.253 e. The van der Waals surface area contributed by atoms with Crippen molar-refractivity contribution in [2.45, 2.75) is 19.9 Å². The molecule has 0 aliphatic carbocycles. The quantitative estimate of drug-likeness (QED) is 0.918. The van der Waals surface area contributed by atoms with E-state index in [1.54, 1.807) is 13.0 Å². The van der Waals surface area contributed by atoms with Crippen LogP contribution in [0.3, 0.4) is 0 Å². The molecule has 6 heteroatoms. The van der Waals surface area contributed by atoms with Crippen LogP contribution >= 0.6 is 0 Å². The van der Waals surface area contributed by atoms with Gasteiger partial charge in [0.1, 0.15) is 0 Å². The fraction of sp³-hybridized carbons (Fsp3) is 0.250. The van der Waals surface area contributed by atoms with Crippen LogP contribution in [0.5, 0.6) is 0 Å².